The number of hydrogen-bond donors (Lipinski definition) is 1. The van der Waals surface area contributed by atoms with Crippen molar-refractivity contribution in [3.63, 3.8) is 0 Å². The Morgan fingerprint density at radius 3 is 2.84 bits per heavy atom. The number of carbonyl (C=O) groups excluding carboxylic acids is 1. The normalized spacial score (nSPS) is 27.2. The van der Waals surface area contributed by atoms with Crippen LogP contribution < -0.4 is 5.32 Å². The fourth-order valence-electron chi connectivity index (χ4n) is 4.97. The van der Waals surface area contributed by atoms with Gasteiger partial charge in [0.2, 0.25) is 5.91 Å². The summed E-state index contributed by atoms with van der Waals surface area (Å²) in [6.07, 6.45) is 8.81. The highest BCUT2D eigenvalue weighted by molar-refractivity contribution is 6.11. The zero-order valence-corrected chi connectivity index (χ0v) is 18.2. The molecule has 6 rings (SSSR count). The Balaban J connectivity index is 1.35. The van der Waals surface area contributed by atoms with Gasteiger partial charge in [0, 0.05) is 31.4 Å². The third-order valence-corrected chi connectivity index (χ3v) is 7.11. The standard InChI is InChI=1S/C23H27N7O/c1-15-10-17(28-9-8-24-23(14-28)6-7-23)13-29-21(31)11-19(26-22(15,29)3)18-4-5-20-25-16(2)12-30(20)27-18/h4-5,10,12-13,24H,6-9,11,14H2,1-3H3. The van der Waals surface area contributed by atoms with E-state index in [1.165, 1.54) is 12.8 Å². The largest absolute Gasteiger partial charge is 0.367 e. The number of aryl methyl sites for hydroxylation is 1. The van der Waals surface area contributed by atoms with E-state index in [-0.39, 0.29) is 17.9 Å². The second kappa shape index (κ2) is 6.26. The van der Waals surface area contributed by atoms with Gasteiger partial charge < -0.3 is 10.2 Å². The van der Waals surface area contributed by atoms with Crippen LogP contribution in [0.25, 0.3) is 5.65 Å². The van der Waals surface area contributed by atoms with Gasteiger partial charge in [-0.15, -0.1) is 0 Å². The molecular weight excluding hydrogens is 390 g/mol. The highest BCUT2D eigenvalue weighted by atomic mass is 16.2. The number of amides is 1. The van der Waals surface area contributed by atoms with Crippen molar-refractivity contribution < 1.29 is 4.79 Å². The summed E-state index contributed by atoms with van der Waals surface area (Å²) in [5.41, 5.74) is 4.90. The number of rotatable bonds is 2. The number of allylic oxidation sites excluding steroid dienone is 1. The highest BCUT2D eigenvalue weighted by Crippen LogP contribution is 2.41. The van der Waals surface area contributed by atoms with Gasteiger partial charge >= 0.3 is 0 Å². The van der Waals surface area contributed by atoms with E-state index in [0.29, 0.717) is 0 Å². The molecule has 1 atom stereocenters. The minimum atomic E-state index is -0.721. The van der Waals surface area contributed by atoms with Crippen LogP contribution in [0, 0.1) is 6.92 Å². The minimum absolute atomic E-state index is 0.0532. The van der Waals surface area contributed by atoms with Crippen molar-refractivity contribution in [1.29, 1.82) is 0 Å². The molecule has 160 valence electrons. The van der Waals surface area contributed by atoms with E-state index < -0.39 is 5.66 Å². The van der Waals surface area contributed by atoms with E-state index in [0.717, 1.165) is 53.7 Å². The molecule has 1 saturated carbocycles. The number of aliphatic imine (C=N–C) groups is 1. The number of hydrogen-bond acceptors (Lipinski definition) is 6. The first-order valence-electron chi connectivity index (χ1n) is 11.0. The maximum Gasteiger partial charge on any atom is 0.234 e. The molecule has 1 amide bonds. The molecule has 1 spiro atoms. The van der Waals surface area contributed by atoms with Gasteiger partial charge in [0.25, 0.3) is 0 Å². The molecule has 0 radical (unpaired) electrons. The number of carbonyl (C=O) groups is 1. The Bertz CT molecular complexity index is 1200. The Morgan fingerprint density at radius 1 is 1.19 bits per heavy atom. The molecule has 1 aliphatic carbocycles. The van der Waals surface area contributed by atoms with Crippen molar-refractivity contribution in [3.8, 4) is 0 Å². The summed E-state index contributed by atoms with van der Waals surface area (Å²) >= 11 is 0. The van der Waals surface area contributed by atoms with Crippen molar-refractivity contribution in [1.82, 2.24) is 29.7 Å². The summed E-state index contributed by atoms with van der Waals surface area (Å²) in [5, 5.41) is 8.32. The molecule has 3 aliphatic heterocycles. The van der Waals surface area contributed by atoms with Gasteiger partial charge in [-0.2, -0.15) is 5.10 Å². The smallest absolute Gasteiger partial charge is 0.234 e. The molecule has 1 saturated heterocycles. The number of fused-ring (bicyclic) bond motifs is 2. The molecule has 8 nitrogen and oxygen atoms in total. The first kappa shape index (κ1) is 18.7. The first-order chi connectivity index (χ1) is 14.9. The predicted octanol–water partition coefficient (Wildman–Crippen LogP) is 2.01. The lowest BCUT2D eigenvalue weighted by Crippen LogP contribution is -2.55. The van der Waals surface area contributed by atoms with Crippen LogP contribution in [0.15, 0.2) is 46.9 Å². The second-order valence-corrected chi connectivity index (χ2v) is 9.43. The number of aromatic nitrogens is 3. The van der Waals surface area contributed by atoms with E-state index in [4.69, 9.17) is 4.99 Å². The maximum absolute atomic E-state index is 13.3. The molecule has 5 heterocycles. The van der Waals surface area contributed by atoms with E-state index in [1.807, 2.05) is 43.3 Å². The van der Waals surface area contributed by atoms with Crippen molar-refractivity contribution in [2.45, 2.75) is 51.2 Å². The second-order valence-electron chi connectivity index (χ2n) is 9.43. The number of nitrogens with one attached hydrogen (secondary N) is 1. The Hall–Kier alpha value is -3.00. The zero-order valence-electron chi connectivity index (χ0n) is 18.2. The summed E-state index contributed by atoms with van der Waals surface area (Å²) in [5.74, 6) is 0.0532. The fraction of sp³-hybridized carbons (Fsp3) is 0.478. The average Bonchev–Trinajstić information content (AvgIpc) is 3.36. The summed E-state index contributed by atoms with van der Waals surface area (Å²) in [6, 6.07) is 3.84. The van der Waals surface area contributed by atoms with Crippen molar-refractivity contribution in [2.75, 3.05) is 19.6 Å². The lowest BCUT2D eigenvalue weighted by molar-refractivity contribution is -0.131. The molecule has 8 heteroatoms. The molecule has 0 bridgehead atoms. The van der Waals surface area contributed by atoms with Crippen LogP contribution in [0.4, 0.5) is 0 Å². The van der Waals surface area contributed by atoms with Crippen molar-refractivity contribution >= 4 is 17.3 Å². The molecule has 2 aromatic rings. The zero-order chi connectivity index (χ0) is 21.4. The maximum atomic E-state index is 13.3. The van der Waals surface area contributed by atoms with Crippen molar-refractivity contribution in [2.24, 2.45) is 4.99 Å². The third kappa shape index (κ3) is 2.92. The van der Waals surface area contributed by atoms with Crippen LogP contribution in [-0.2, 0) is 4.79 Å². The van der Waals surface area contributed by atoms with Crippen LogP contribution in [0.1, 0.15) is 44.5 Å². The Labute approximate surface area is 181 Å². The molecule has 31 heavy (non-hydrogen) atoms. The lowest BCUT2D eigenvalue weighted by Gasteiger charge is -2.45. The molecular formula is C23H27N7O. The van der Waals surface area contributed by atoms with Gasteiger partial charge in [-0.05, 0) is 57.4 Å². The van der Waals surface area contributed by atoms with Gasteiger partial charge in [-0.1, -0.05) is 0 Å². The summed E-state index contributed by atoms with van der Waals surface area (Å²) in [4.78, 5) is 27.0. The number of imidazole rings is 1. The average molecular weight is 418 g/mol. The minimum Gasteiger partial charge on any atom is -0.367 e. The summed E-state index contributed by atoms with van der Waals surface area (Å²) in [6.45, 7) is 8.98. The van der Waals surface area contributed by atoms with E-state index in [9.17, 15) is 4.79 Å². The van der Waals surface area contributed by atoms with Crippen LogP contribution in [0.2, 0.25) is 0 Å². The predicted molar refractivity (Wildman–Crippen MR) is 118 cm³/mol. The molecule has 2 aromatic heterocycles. The van der Waals surface area contributed by atoms with Gasteiger partial charge in [0.1, 0.15) is 5.69 Å². The van der Waals surface area contributed by atoms with E-state index >= 15 is 0 Å². The molecule has 1 N–H and O–H groups in total. The number of nitrogens with zero attached hydrogens (tertiary/aromatic N) is 6. The molecule has 4 aliphatic rings. The Morgan fingerprint density at radius 2 is 2.03 bits per heavy atom. The molecule has 0 aromatic carbocycles. The highest BCUT2D eigenvalue weighted by Gasteiger charge is 2.47. The van der Waals surface area contributed by atoms with Crippen LogP contribution >= 0.6 is 0 Å². The topological polar surface area (TPSA) is 78.1 Å². The van der Waals surface area contributed by atoms with Gasteiger partial charge in [0.05, 0.1) is 29.7 Å². The summed E-state index contributed by atoms with van der Waals surface area (Å²) in [7, 11) is 0. The third-order valence-electron chi connectivity index (χ3n) is 7.11. The van der Waals surface area contributed by atoms with E-state index in [2.05, 4.69) is 33.3 Å². The van der Waals surface area contributed by atoms with Crippen LogP contribution in [-0.4, -0.2) is 66.9 Å². The van der Waals surface area contributed by atoms with Gasteiger partial charge in [-0.3, -0.25) is 14.7 Å². The Kier molecular flexibility index (Phi) is 3.78. The van der Waals surface area contributed by atoms with E-state index in [1.54, 1.807) is 4.52 Å². The first-order valence-corrected chi connectivity index (χ1v) is 11.0. The summed E-state index contributed by atoms with van der Waals surface area (Å²) < 4.78 is 1.76. The van der Waals surface area contributed by atoms with Crippen LogP contribution in [0.3, 0.4) is 0 Å². The lowest BCUT2D eigenvalue weighted by atomic mass is 9.93. The fourth-order valence-corrected chi connectivity index (χ4v) is 4.97. The van der Waals surface area contributed by atoms with Gasteiger partial charge in [-0.25, -0.2) is 9.50 Å². The molecule has 2 fully saturated rings. The number of piperazine rings is 1. The SMILES string of the molecule is CC1=CC(N2CCNC3(CC3)C2)=CN2C(=O)CC(c3ccc4nc(C)cn4n3)=NC12C. The van der Waals surface area contributed by atoms with Crippen molar-refractivity contribution in [3.05, 3.63) is 53.3 Å². The van der Waals surface area contributed by atoms with Crippen LogP contribution in [0.5, 0.6) is 0 Å². The van der Waals surface area contributed by atoms with Gasteiger partial charge in [0.15, 0.2) is 11.3 Å². The molecule has 1 unspecified atom stereocenters. The monoisotopic (exact) mass is 417 g/mol. The quantitative estimate of drug-likeness (QED) is 0.809.